The van der Waals surface area contributed by atoms with Crippen molar-refractivity contribution in [3.8, 4) is 22.6 Å². The fraction of sp³-hybridized carbons (Fsp3) is 0.133. The number of benzene rings is 4. The van der Waals surface area contributed by atoms with Gasteiger partial charge in [0.25, 0.3) is 11.8 Å². The van der Waals surface area contributed by atoms with Crippen molar-refractivity contribution >= 4 is 23.2 Å². The van der Waals surface area contributed by atoms with Crippen LogP contribution in [0.25, 0.3) is 11.1 Å². The lowest BCUT2D eigenvalue weighted by Gasteiger charge is -2.18. The fourth-order valence-corrected chi connectivity index (χ4v) is 3.73. The zero-order chi connectivity index (χ0) is 25.3. The van der Waals surface area contributed by atoms with Crippen LogP contribution in [0.1, 0.15) is 34.6 Å². The van der Waals surface area contributed by atoms with Gasteiger partial charge in [-0.15, -0.1) is 0 Å². The Balaban J connectivity index is 1.58. The molecule has 0 atom stereocenters. The van der Waals surface area contributed by atoms with Gasteiger partial charge < -0.3 is 20.1 Å². The lowest BCUT2D eigenvalue weighted by molar-refractivity contribution is 0.101. The molecule has 0 aromatic heterocycles. The summed E-state index contributed by atoms with van der Waals surface area (Å²) in [7, 11) is 0. The van der Waals surface area contributed by atoms with Crippen molar-refractivity contribution in [2.24, 2.45) is 0 Å². The van der Waals surface area contributed by atoms with Crippen molar-refractivity contribution in [3.63, 3.8) is 0 Å². The molecule has 0 aliphatic carbocycles. The third-order valence-corrected chi connectivity index (χ3v) is 5.47. The van der Waals surface area contributed by atoms with Crippen LogP contribution in [0.3, 0.4) is 0 Å². The van der Waals surface area contributed by atoms with E-state index in [0.29, 0.717) is 47.2 Å². The first kappa shape index (κ1) is 24.5. The molecule has 182 valence electrons. The molecule has 6 nitrogen and oxygen atoms in total. The number of ether oxygens (including phenoxy) is 2. The minimum absolute atomic E-state index is 0.269. The average molecular weight is 481 g/mol. The average Bonchev–Trinajstić information content (AvgIpc) is 2.92. The first-order valence-corrected chi connectivity index (χ1v) is 11.9. The number of rotatable bonds is 9. The molecule has 6 heteroatoms. The van der Waals surface area contributed by atoms with E-state index >= 15 is 0 Å². The summed E-state index contributed by atoms with van der Waals surface area (Å²) in [5, 5.41) is 5.81. The second-order valence-corrected chi connectivity index (χ2v) is 7.93. The van der Waals surface area contributed by atoms with E-state index in [9.17, 15) is 9.59 Å². The van der Waals surface area contributed by atoms with E-state index in [1.165, 1.54) is 0 Å². The predicted octanol–water partition coefficient (Wildman–Crippen LogP) is 6.66. The molecule has 4 aromatic rings. The Bertz CT molecular complexity index is 1320. The van der Waals surface area contributed by atoms with Gasteiger partial charge in [0, 0.05) is 23.3 Å². The Labute approximate surface area is 210 Å². The lowest BCUT2D eigenvalue weighted by Crippen LogP contribution is -2.15. The van der Waals surface area contributed by atoms with Gasteiger partial charge in [-0.05, 0) is 49.2 Å². The molecule has 0 heterocycles. The van der Waals surface area contributed by atoms with Gasteiger partial charge in [-0.1, -0.05) is 60.7 Å². The van der Waals surface area contributed by atoms with Gasteiger partial charge in [-0.3, -0.25) is 9.59 Å². The van der Waals surface area contributed by atoms with Crippen molar-refractivity contribution in [1.29, 1.82) is 0 Å². The summed E-state index contributed by atoms with van der Waals surface area (Å²) < 4.78 is 11.6. The molecule has 2 N–H and O–H groups in total. The van der Waals surface area contributed by atoms with Crippen LogP contribution in [-0.4, -0.2) is 25.0 Å². The molecular weight excluding hydrogens is 452 g/mol. The molecule has 0 unspecified atom stereocenters. The van der Waals surface area contributed by atoms with Crippen LogP contribution in [0, 0.1) is 0 Å². The highest BCUT2D eigenvalue weighted by molar-refractivity contribution is 6.07. The largest absolute Gasteiger partial charge is 0.492 e. The molecule has 4 aromatic carbocycles. The number of nitrogens with one attached hydrogen (secondary N) is 2. The van der Waals surface area contributed by atoms with Crippen LogP contribution >= 0.6 is 0 Å². The molecule has 0 aliphatic heterocycles. The van der Waals surface area contributed by atoms with Crippen LogP contribution in [0.5, 0.6) is 11.5 Å². The van der Waals surface area contributed by atoms with Crippen LogP contribution in [-0.2, 0) is 0 Å². The monoisotopic (exact) mass is 480 g/mol. The zero-order valence-corrected chi connectivity index (χ0v) is 20.3. The summed E-state index contributed by atoms with van der Waals surface area (Å²) in [6.45, 7) is 4.48. The second-order valence-electron chi connectivity index (χ2n) is 7.93. The van der Waals surface area contributed by atoms with E-state index in [0.717, 1.165) is 11.1 Å². The van der Waals surface area contributed by atoms with Crippen molar-refractivity contribution in [3.05, 3.63) is 108 Å². The highest BCUT2D eigenvalue weighted by Crippen LogP contribution is 2.37. The maximum absolute atomic E-state index is 13.1. The van der Waals surface area contributed by atoms with Gasteiger partial charge in [-0.2, -0.15) is 0 Å². The highest BCUT2D eigenvalue weighted by Gasteiger charge is 2.17. The van der Waals surface area contributed by atoms with Gasteiger partial charge in [-0.25, -0.2) is 0 Å². The number of hydrogen-bond acceptors (Lipinski definition) is 4. The first-order chi connectivity index (χ1) is 17.6. The van der Waals surface area contributed by atoms with E-state index in [-0.39, 0.29) is 11.8 Å². The minimum Gasteiger partial charge on any atom is -0.492 e. The second kappa shape index (κ2) is 11.7. The van der Waals surface area contributed by atoms with Crippen molar-refractivity contribution in [1.82, 2.24) is 0 Å². The summed E-state index contributed by atoms with van der Waals surface area (Å²) in [6, 6.07) is 29.6. The van der Waals surface area contributed by atoms with E-state index in [1.807, 2.05) is 62.4 Å². The van der Waals surface area contributed by atoms with Crippen molar-refractivity contribution in [2.75, 3.05) is 23.8 Å². The number of amides is 2. The topological polar surface area (TPSA) is 76.7 Å². The minimum atomic E-state index is -0.279. The fourth-order valence-electron chi connectivity index (χ4n) is 3.73. The maximum atomic E-state index is 13.1. The summed E-state index contributed by atoms with van der Waals surface area (Å²) in [4.78, 5) is 25.8. The third-order valence-electron chi connectivity index (χ3n) is 5.47. The molecule has 0 saturated heterocycles. The number of carbonyl (C=O) groups is 2. The van der Waals surface area contributed by atoms with Crippen LogP contribution in [0.15, 0.2) is 97.1 Å². The summed E-state index contributed by atoms with van der Waals surface area (Å²) in [5.41, 5.74) is 4.05. The Morgan fingerprint density at radius 2 is 1.00 bits per heavy atom. The van der Waals surface area contributed by atoms with Gasteiger partial charge in [0.05, 0.1) is 24.6 Å². The van der Waals surface area contributed by atoms with E-state index < -0.39 is 0 Å². The Morgan fingerprint density at radius 1 is 0.583 bits per heavy atom. The standard InChI is InChI=1S/C30H28N2O4/c1-3-35-27-20-26(28(36-4-2)19-25(27)31-29(33)23-13-9-6-10-14-23)32-30(34)24-17-15-22(16-18-24)21-11-7-5-8-12-21/h5-20H,3-4H2,1-2H3,(H,31,33)(H,32,34). The molecule has 2 amide bonds. The molecule has 0 fully saturated rings. The summed E-state index contributed by atoms with van der Waals surface area (Å²) >= 11 is 0. The highest BCUT2D eigenvalue weighted by atomic mass is 16.5. The summed E-state index contributed by atoms with van der Waals surface area (Å²) in [6.07, 6.45) is 0. The van der Waals surface area contributed by atoms with Crippen LogP contribution < -0.4 is 20.1 Å². The number of carbonyl (C=O) groups excluding carboxylic acids is 2. The van der Waals surface area contributed by atoms with Gasteiger partial charge in [0.1, 0.15) is 11.5 Å². The molecule has 0 spiro atoms. The van der Waals surface area contributed by atoms with Crippen molar-refractivity contribution < 1.29 is 19.1 Å². The molecule has 0 aliphatic rings. The van der Waals surface area contributed by atoms with Gasteiger partial charge in [0.15, 0.2) is 0 Å². The molecule has 4 rings (SSSR count). The molecular formula is C30H28N2O4. The maximum Gasteiger partial charge on any atom is 0.255 e. The molecule has 0 bridgehead atoms. The van der Waals surface area contributed by atoms with E-state index in [4.69, 9.17) is 9.47 Å². The van der Waals surface area contributed by atoms with Crippen molar-refractivity contribution in [2.45, 2.75) is 13.8 Å². The van der Waals surface area contributed by atoms with Crippen LogP contribution in [0.2, 0.25) is 0 Å². The quantitative estimate of drug-likeness (QED) is 0.281. The molecule has 0 saturated carbocycles. The van der Waals surface area contributed by atoms with Gasteiger partial charge in [0.2, 0.25) is 0 Å². The van der Waals surface area contributed by atoms with E-state index in [2.05, 4.69) is 10.6 Å². The zero-order valence-electron chi connectivity index (χ0n) is 20.3. The summed E-state index contributed by atoms with van der Waals surface area (Å²) in [5.74, 6) is 0.312. The Morgan fingerprint density at radius 3 is 1.47 bits per heavy atom. The number of hydrogen-bond donors (Lipinski definition) is 2. The normalized spacial score (nSPS) is 10.4. The molecule has 36 heavy (non-hydrogen) atoms. The number of anilines is 2. The SMILES string of the molecule is CCOc1cc(NC(=O)c2ccc(-c3ccccc3)cc2)c(OCC)cc1NC(=O)c1ccccc1. The smallest absolute Gasteiger partial charge is 0.255 e. The lowest BCUT2D eigenvalue weighted by atomic mass is 10.0. The Kier molecular flexibility index (Phi) is 7.98. The molecule has 0 radical (unpaired) electrons. The first-order valence-electron chi connectivity index (χ1n) is 11.9. The third kappa shape index (κ3) is 5.91. The Hall–Kier alpha value is -4.58. The van der Waals surface area contributed by atoms with Gasteiger partial charge >= 0.3 is 0 Å². The van der Waals surface area contributed by atoms with Crippen LogP contribution in [0.4, 0.5) is 11.4 Å². The predicted molar refractivity (Wildman–Crippen MR) is 143 cm³/mol. The van der Waals surface area contributed by atoms with E-state index in [1.54, 1.807) is 48.5 Å².